The number of benzene rings is 7. The molecule has 0 bridgehead atoms. The molecule has 2 aromatic heterocycles. The van der Waals surface area contributed by atoms with Gasteiger partial charge in [-0.15, -0.1) is 0 Å². The molecule has 0 saturated carbocycles. The summed E-state index contributed by atoms with van der Waals surface area (Å²) in [5.41, 5.74) is -12.9. The molecule has 6 aliphatic rings. The minimum absolute atomic E-state index is 0.0165. The number of allylic oxidation sites excluding steroid dienone is 9. The molecule has 0 amide bonds. The van der Waals surface area contributed by atoms with Gasteiger partial charge >= 0.3 is 48.9 Å². The Morgan fingerprint density at radius 3 is 0.708 bits per heavy atom. The summed E-state index contributed by atoms with van der Waals surface area (Å²) in [4.78, 5) is 22.2. The molecular formula is C90H36F22N14S4. The van der Waals surface area contributed by atoms with Gasteiger partial charge in [-0.1, -0.05) is 99.5 Å². The third kappa shape index (κ3) is 17.0. The van der Waals surface area contributed by atoms with Gasteiger partial charge in [-0.2, -0.15) is 87.0 Å². The number of fused-ring (bicyclic) bond motifs is 6. The van der Waals surface area contributed by atoms with Crippen molar-refractivity contribution in [3.8, 4) is 103 Å². The van der Waals surface area contributed by atoms with Crippen molar-refractivity contribution in [3.63, 3.8) is 0 Å². The highest BCUT2D eigenvalue weighted by Gasteiger charge is 2.66. The van der Waals surface area contributed by atoms with Crippen LogP contribution in [-0.2, 0) is 38.5 Å². The molecule has 0 unspecified atom stereocenters. The summed E-state index contributed by atoms with van der Waals surface area (Å²) < 4.78 is 311. The van der Waals surface area contributed by atoms with E-state index in [-0.39, 0.29) is 164 Å². The quantitative estimate of drug-likeness (QED) is 0.0550. The van der Waals surface area contributed by atoms with E-state index in [1.54, 1.807) is 60.7 Å². The fourth-order valence-electron chi connectivity index (χ4n) is 15.9. The van der Waals surface area contributed by atoms with Crippen molar-refractivity contribution in [2.75, 3.05) is 0 Å². The molecule has 40 heteroatoms. The molecule has 0 saturated heterocycles. The molecule has 7 aromatic carbocycles. The highest BCUT2D eigenvalue weighted by molar-refractivity contribution is 8.46. The van der Waals surface area contributed by atoms with Crippen molar-refractivity contribution in [1.82, 2.24) is 9.97 Å². The molecule has 0 spiro atoms. The van der Waals surface area contributed by atoms with Gasteiger partial charge in [0.05, 0.1) is 28.1 Å². The van der Waals surface area contributed by atoms with Gasteiger partial charge in [0.2, 0.25) is 0 Å². The summed E-state index contributed by atoms with van der Waals surface area (Å²) in [7, 11) is -20.5. The molecule has 2 heterocycles. The van der Waals surface area contributed by atoms with Crippen LogP contribution in [0.2, 0.25) is 0 Å². The summed E-state index contributed by atoms with van der Waals surface area (Å²) in [6.07, 6.45) is 0.528. The molecule has 0 aliphatic heterocycles. The zero-order valence-corrected chi connectivity index (χ0v) is 67.6. The standard InChI is InChI=1S/C32H12F8N4S2.C30H12F12N4S2.C28H12F2N6/c1-43-30(44-2)23-12-22-25(16-5-9-19(10-6-16)46-32(38,39)40)26-21(11-20(28(26)33)17(13-41)14-42)24(27(22)29(23)34)15-3-7-18(8-4-15)45-31(35,36)37;1-45-30(46-2)23-12-22-25(16-5-9-19(10-6-16)48(38,39,40,41)42)26-21(11-20(28(26)31)17(13-43)14-44)24(27(22)29(23)32)15-3-7-18(8-4-15)47(33,34,35,36)37;1-33-28(34-2)19-12-18-23(21-8-4-6-10-36-21)24-17(11-16(26(24)29)15(13-31)14-32)22(25(18)27(19)30)20-7-3-5-9-35-20/h3-10H,11-12H2;3-10H,11-12H2;3-10H,11-12H2. The lowest BCUT2D eigenvalue weighted by Crippen LogP contribution is -2.24. The van der Waals surface area contributed by atoms with Crippen molar-refractivity contribution in [3.05, 3.63) is 347 Å². The second kappa shape index (κ2) is 32.3. The lowest BCUT2D eigenvalue weighted by molar-refractivity contribution is -0.0337. The molecule has 14 nitrogen and oxygen atoms in total. The first-order valence-electron chi connectivity index (χ1n) is 36.1. The Kier molecular flexibility index (Phi) is 22.8. The van der Waals surface area contributed by atoms with E-state index >= 15 is 26.3 Å². The van der Waals surface area contributed by atoms with E-state index in [0.29, 0.717) is 57.9 Å². The van der Waals surface area contributed by atoms with E-state index in [1.807, 2.05) is 0 Å². The predicted octanol–water partition coefficient (Wildman–Crippen LogP) is 24.4. The highest BCUT2D eigenvalue weighted by Crippen LogP contribution is 3.03. The maximum absolute atomic E-state index is 16.4. The smallest absolute Gasteiger partial charge is 0.256 e. The highest BCUT2D eigenvalue weighted by atomic mass is 32.5. The fraction of sp³-hybridized carbons (Fsp3) is 0.0889. The van der Waals surface area contributed by atoms with Crippen LogP contribution in [0.25, 0.3) is 131 Å². The summed E-state index contributed by atoms with van der Waals surface area (Å²) in [5, 5.41) is 55.5. The Labute approximate surface area is 727 Å². The normalized spacial score (nSPS) is 14.8. The van der Waals surface area contributed by atoms with Crippen LogP contribution in [0.3, 0.4) is 0 Å². The number of alkyl halides is 6. The lowest BCUT2D eigenvalue weighted by atomic mass is 9.87. The number of nitrogens with zero attached hydrogens (tertiary/aromatic N) is 14. The van der Waals surface area contributed by atoms with Crippen molar-refractivity contribution >= 4 is 78.9 Å². The lowest BCUT2D eigenvalue weighted by Gasteiger charge is -2.40. The van der Waals surface area contributed by atoms with Gasteiger partial charge in [0.15, 0.2) is 0 Å². The molecule has 0 radical (unpaired) electrons. The minimum atomic E-state index is -10.2. The largest absolute Gasteiger partial charge is 0.525 e. The average Bonchev–Trinajstić information content (AvgIpc) is 1.51. The summed E-state index contributed by atoms with van der Waals surface area (Å²) in [6.45, 7) is 44.0. The second-order valence-electron chi connectivity index (χ2n) is 28.2. The van der Waals surface area contributed by atoms with Crippen LogP contribution in [-0.4, -0.2) is 21.0 Å². The summed E-state index contributed by atoms with van der Waals surface area (Å²) in [5.74, 6) is -8.07. The monoisotopic (exact) mass is 1860 g/mol. The molecule has 0 atom stereocenters. The maximum atomic E-state index is 16.4. The predicted molar refractivity (Wildman–Crippen MR) is 437 cm³/mol. The first kappa shape index (κ1) is 91.9. The number of halogens is 22. The van der Waals surface area contributed by atoms with E-state index in [9.17, 15) is 96.8 Å². The Morgan fingerprint density at radius 2 is 0.508 bits per heavy atom. The zero-order valence-electron chi connectivity index (χ0n) is 64.3. The SMILES string of the molecule is [C-]#[N+]C([N+]#[C-])=C1Cc2c(-c3ccc(S(F)(F)(F)(F)F)cc3)c3c(c(-c4ccc(S(F)(F)(F)(F)F)cc4)c2=C1F)CC(=C(C#N)C#N)C=3F.[C-]#[N+]C([N+]#[C-])=C1Cc2c(-c3ccc(SC(F)(F)F)cc3)c3c(c(-c4ccc(SC(F)(F)F)cc4)c2=C1F)CC(=C(C#N)C#N)C=3F.[C-]#[N+]C([N+]#[C-])=C1Cc2c(-c3ccccn3)c3c(c(-c4ccccn4)c2=C1F)CC(=C(C#N)C#N)C=3F. The number of pyridine rings is 2. The summed E-state index contributed by atoms with van der Waals surface area (Å²) >= 11 is -0.776. The van der Waals surface area contributed by atoms with Gasteiger partial charge in [-0.05, 0) is 174 Å². The molecule has 15 rings (SSSR count). The van der Waals surface area contributed by atoms with Crippen LogP contribution in [0.4, 0.5) is 91.5 Å². The molecule has 9 aromatic rings. The number of thioether (sulfide) groups is 2. The number of aromatic nitrogens is 2. The Morgan fingerprint density at radius 1 is 0.300 bits per heavy atom. The van der Waals surface area contributed by atoms with Crippen LogP contribution in [0, 0.1) is 107 Å². The van der Waals surface area contributed by atoms with Crippen molar-refractivity contribution in [2.45, 2.75) is 69.1 Å². The first-order valence-corrected chi connectivity index (χ1v) is 41.7. The topological polar surface area (TPSA) is 195 Å². The molecule has 0 N–H and O–H groups in total. The van der Waals surface area contributed by atoms with Crippen molar-refractivity contribution in [2.24, 2.45) is 0 Å². The van der Waals surface area contributed by atoms with Crippen LogP contribution in [0.1, 0.15) is 33.4 Å². The van der Waals surface area contributed by atoms with E-state index in [2.05, 4.69) is 39.0 Å². The van der Waals surface area contributed by atoms with Gasteiger partial charge < -0.3 is 0 Å². The van der Waals surface area contributed by atoms with Gasteiger partial charge in [-0.3, -0.25) is 9.97 Å². The molecule has 644 valence electrons. The van der Waals surface area contributed by atoms with Gasteiger partial charge in [0.1, 0.15) is 137 Å². The van der Waals surface area contributed by atoms with Crippen LogP contribution in [0.15, 0.2) is 233 Å². The van der Waals surface area contributed by atoms with Crippen molar-refractivity contribution in [1.29, 1.82) is 31.6 Å². The van der Waals surface area contributed by atoms with E-state index < -0.39 is 174 Å². The molecular weight excluding hydrogens is 1820 g/mol. The first-order chi connectivity index (χ1) is 61.0. The van der Waals surface area contributed by atoms with E-state index in [4.69, 9.17) is 39.4 Å². The van der Waals surface area contributed by atoms with Crippen LogP contribution >= 0.6 is 44.0 Å². The van der Waals surface area contributed by atoms with E-state index in [1.165, 1.54) is 48.8 Å². The van der Waals surface area contributed by atoms with Gasteiger partial charge in [-0.25, -0.2) is 26.3 Å². The zero-order chi connectivity index (χ0) is 94.9. The number of rotatable bonds is 10. The van der Waals surface area contributed by atoms with Crippen LogP contribution in [0.5, 0.6) is 0 Å². The molecule has 0 fully saturated rings. The Balaban J connectivity index is 0.000000168. The fourth-order valence-corrected chi connectivity index (χ4v) is 18.2. The van der Waals surface area contributed by atoms with Gasteiger partial charge in [0.25, 0.3) is 0 Å². The second-order valence-corrected chi connectivity index (χ2v) is 35.3. The summed E-state index contributed by atoms with van der Waals surface area (Å²) in [6, 6.07) is 31.3. The van der Waals surface area contributed by atoms with Gasteiger partial charge in [0, 0.05) is 120 Å². The average molecular weight is 1860 g/mol. The van der Waals surface area contributed by atoms with Crippen molar-refractivity contribution < 1.29 is 91.5 Å². The number of nitriles is 6. The third-order valence-corrected chi connectivity index (χ3v) is 24.7. The number of hydrogen-bond donors (Lipinski definition) is 0. The molecule has 6 aliphatic carbocycles. The minimum Gasteiger partial charge on any atom is -0.256 e. The molecule has 130 heavy (non-hydrogen) atoms. The third-order valence-electron chi connectivity index (χ3n) is 20.9. The number of hydrogen-bond acceptors (Lipinski definition) is 10. The Bertz CT molecular complexity index is 7300. The Hall–Kier alpha value is -15.8. The van der Waals surface area contributed by atoms with Crippen LogP contribution < -0.4 is 31.3 Å². The van der Waals surface area contributed by atoms with E-state index in [0.717, 1.165) is 24.3 Å². The maximum Gasteiger partial charge on any atom is 0.525 e.